The Morgan fingerprint density at radius 2 is 2.03 bits per heavy atom. The van der Waals surface area contributed by atoms with Crippen LogP contribution in [-0.2, 0) is 0 Å². The van der Waals surface area contributed by atoms with Gasteiger partial charge < -0.3 is 10.3 Å². The lowest BCUT2D eigenvalue weighted by molar-refractivity contribution is 0.785. The summed E-state index contributed by atoms with van der Waals surface area (Å²) in [4.78, 5) is 15.4. The number of nitrogens with zero attached hydrogens (tertiary/aromatic N) is 3. The molecule has 186 valence electrons. The van der Waals surface area contributed by atoms with Crippen molar-refractivity contribution in [2.24, 2.45) is 0 Å². The number of aromatic amines is 2. The van der Waals surface area contributed by atoms with Crippen LogP contribution in [0.1, 0.15) is 31.3 Å². The third-order valence-electron chi connectivity index (χ3n) is 6.29. The third-order valence-corrected chi connectivity index (χ3v) is 7.57. The maximum absolute atomic E-state index is 5.02. The van der Waals surface area contributed by atoms with Gasteiger partial charge in [-0.3, -0.25) is 10.1 Å². The highest BCUT2D eigenvalue weighted by Gasteiger charge is 2.16. The molecule has 7 heteroatoms. The molecule has 0 saturated heterocycles. The smallest absolute Gasteiger partial charge is 0.135 e. The first-order valence-electron chi connectivity index (χ1n) is 12.3. The first-order valence-corrected chi connectivity index (χ1v) is 13.1. The molecule has 37 heavy (non-hydrogen) atoms. The van der Waals surface area contributed by atoms with Crippen molar-refractivity contribution in [2.45, 2.75) is 20.8 Å². The van der Waals surface area contributed by atoms with Gasteiger partial charge in [0.15, 0.2) is 0 Å². The van der Waals surface area contributed by atoms with Crippen LogP contribution in [-0.4, -0.2) is 38.2 Å². The molecule has 0 aliphatic carbocycles. The number of likely N-dealkylation sites (N-methyl/N-ethyl adjacent to an activating group) is 1. The van der Waals surface area contributed by atoms with E-state index in [1.54, 1.807) is 11.3 Å². The number of allylic oxidation sites excluding steroid dienone is 4. The van der Waals surface area contributed by atoms with E-state index in [9.17, 15) is 0 Å². The second-order valence-electron chi connectivity index (χ2n) is 8.89. The van der Waals surface area contributed by atoms with Gasteiger partial charge in [-0.05, 0) is 73.5 Å². The molecule has 5 heterocycles. The Morgan fingerprint density at radius 1 is 1.16 bits per heavy atom. The normalized spacial score (nSPS) is 12.5. The average Bonchev–Trinajstić information content (AvgIpc) is 3.66. The topological polar surface area (TPSA) is 82.3 Å². The molecule has 0 atom stereocenters. The van der Waals surface area contributed by atoms with Gasteiger partial charge in [0.2, 0.25) is 0 Å². The fourth-order valence-electron chi connectivity index (χ4n) is 4.29. The Bertz CT molecular complexity index is 1680. The number of H-pyrrole nitrogens is 2. The van der Waals surface area contributed by atoms with Gasteiger partial charge in [0.25, 0.3) is 0 Å². The summed E-state index contributed by atoms with van der Waals surface area (Å²) in [7, 11) is 0. The van der Waals surface area contributed by atoms with Crippen molar-refractivity contribution >= 4 is 44.4 Å². The van der Waals surface area contributed by atoms with Gasteiger partial charge in [0, 0.05) is 33.4 Å². The molecule has 0 fully saturated rings. The van der Waals surface area contributed by atoms with E-state index in [1.165, 1.54) is 4.88 Å². The Hall–Kier alpha value is -4.07. The zero-order valence-electron chi connectivity index (χ0n) is 21.4. The Labute approximate surface area is 220 Å². The predicted octanol–water partition coefficient (Wildman–Crippen LogP) is 7.39. The number of rotatable bonds is 9. The number of thiophene rings is 1. The highest BCUT2D eigenvalue weighted by molar-refractivity contribution is 7.16. The van der Waals surface area contributed by atoms with Crippen molar-refractivity contribution in [3.05, 3.63) is 90.3 Å². The van der Waals surface area contributed by atoms with E-state index in [2.05, 4.69) is 75.9 Å². The van der Waals surface area contributed by atoms with Crippen LogP contribution in [0.25, 0.3) is 54.9 Å². The van der Waals surface area contributed by atoms with Gasteiger partial charge in [0.1, 0.15) is 11.2 Å². The van der Waals surface area contributed by atoms with Crippen molar-refractivity contribution in [1.29, 1.82) is 0 Å². The van der Waals surface area contributed by atoms with Crippen molar-refractivity contribution in [3.8, 4) is 21.8 Å². The molecule has 0 radical (unpaired) electrons. The molecular weight excluding hydrogens is 476 g/mol. The molecule has 0 saturated carbocycles. The van der Waals surface area contributed by atoms with Crippen molar-refractivity contribution in [2.75, 3.05) is 13.1 Å². The summed E-state index contributed by atoms with van der Waals surface area (Å²) in [6.07, 6.45) is 9.86. The van der Waals surface area contributed by atoms with E-state index in [0.29, 0.717) is 0 Å². The lowest BCUT2D eigenvalue weighted by Crippen LogP contribution is -2.15. The van der Waals surface area contributed by atoms with Crippen LogP contribution in [0.4, 0.5) is 0 Å². The number of fused-ring (bicyclic) bond motifs is 2. The monoisotopic (exact) mass is 506 g/mol. The van der Waals surface area contributed by atoms with Crippen LogP contribution < -0.4 is 5.32 Å². The number of pyridine rings is 2. The molecule has 0 bridgehead atoms. The second-order valence-corrected chi connectivity index (χ2v) is 9.97. The molecule has 6 nitrogen and oxygen atoms in total. The minimum Gasteiger partial charge on any atom is -0.352 e. The van der Waals surface area contributed by atoms with Crippen LogP contribution in [0.2, 0.25) is 0 Å². The largest absolute Gasteiger partial charge is 0.352 e. The zero-order valence-corrected chi connectivity index (χ0v) is 22.2. The van der Waals surface area contributed by atoms with Gasteiger partial charge >= 0.3 is 0 Å². The highest BCUT2D eigenvalue weighted by Crippen LogP contribution is 2.37. The van der Waals surface area contributed by atoms with Crippen LogP contribution >= 0.6 is 11.3 Å². The van der Waals surface area contributed by atoms with E-state index in [0.717, 1.165) is 79.3 Å². The summed E-state index contributed by atoms with van der Waals surface area (Å²) in [6, 6.07) is 10.4. The predicted molar refractivity (Wildman–Crippen MR) is 157 cm³/mol. The van der Waals surface area contributed by atoms with E-state index in [-0.39, 0.29) is 0 Å². The molecule has 0 aliphatic heterocycles. The number of hydrogen-bond acceptors (Lipinski definition) is 5. The van der Waals surface area contributed by atoms with Crippen molar-refractivity contribution in [3.63, 3.8) is 0 Å². The van der Waals surface area contributed by atoms with Gasteiger partial charge in [-0.25, -0.2) is 4.98 Å². The van der Waals surface area contributed by atoms with Crippen molar-refractivity contribution < 1.29 is 0 Å². The highest BCUT2D eigenvalue weighted by atomic mass is 32.1. The first-order chi connectivity index (χ1) is 18.0. The summed E-state index contributed by atoms with van der Waals surface area (Å²) >= 11 is 1.73. The molecule has 5 aromatic heterocycles. The maximum atomic E-state index is 5.02. The average molecular weight is 507 g/mol. The minimum absolute atomic E-state index is 0.764. The van der Waals surface area contributed by atoms with Crippen LogP contribution in [0.15, 0.2) is 79.7 Å². The molecule has 0 aliphatic rings. The quantitative estimate of drug-likeness (QED) is 0.182. The van der Waals surface area contributed by atoms with Gasteiger partial charge in [-0.15, -0.1) is 11.3 Å². The molecule has 0 spiro atoms. The summed E-state index contributed by atoms with van der Waals surface area (Å²) in [6.45, 7) is 15.9. The first kappa shape index (κ1) is 24.6. The summed E-state index contributed by atoms with van der Waals surface area (Å²) in [5.74, 6) is 0. The second kappa shape index (κ2) is 10.5. The minimum atomic E-state index is 0.764. The van der Waals surface area contributed by atoms with Gasteiger partial charge in [-0.1, -0.05) is 32.2 Å². The Morgan fingerprint density at radius 3 is 2.76 bits per heavy atom. The third kappa shape index (κ3) is 4.83. The lowest BCUT2D eigenvalue weighted by atomic mass is 10.1. The van der Waals surface area contributed by atoms with Crippen LogP contribution in [0.3, 0.4) is 0 Å². The van der Waals surface area contributed by atoms with Crippen molar-refractivity contribution in [1.82, 2.24) is 30.5 Å². The van der Waals surface area contributed by atoms with Crippen LogP contribution in [0.5, 0.6) is 0 Å². The number of hydrogen-bond donors (Lipinski definition) is 3. The summed E-state index contributed by atoms with van der Waals surface area (Å²) in [5, 5.41) is 12.2. The SMILES string of the molecule is C=C/C(=C\C(=C/C)c1ccc2[nH]nc(-c3cc4c(-c5ccc(C(=C)C)s5)cncc4[nH]3)c2n1)CNCC. The maximum Gasteiger partial charge on any atom is 0.135 e. The van der Waals surface area contributed by atoms with E-state index < -0.39 is 0 Å². The van der Waals surface area contributed by atoms with E-state index in [4.69, 9.17) is 4.98 Å². The molecule has 5 aromatic rings. The molecule has 0 unspecified atom stereocenters. The van der Waals surface area contributed by atoms with Gasteiger partial charge in [0.05, 0.1) is 28.6 Å². The molecule has 0 amide bonds. The standard InChI is InChI=1S/C30H30N6S/c1-6-19(15-31-8-3)13-20(7-2)23-9-10-24-29(34-23)30(36-35-24)25-14-21-22(16-32-17-26(21)33-25)28-12-11-27(37-28)18(4)5/h6-7,9-14,16-17,31,33H,1,4,8,15H2,2-3,5H3,(H,35,36)/b19-13+,20-7+. The molecule has 5 rings (SSSR count). The van der Waals surface area contributed by atoms with E-state index >= 15 is 0 Å². The molecular formula is C30H30N6S. The lowest BCUT2D eigenvalue weighted by Gasteiger charge is -2.06. The molecule has 0 aromatic carbocycles. The number of aromatic nitrogens is 5. The summed E-state index contributed by atoms with van der Waals surface area (Å²) < 4.78 is 0. The van der Waals surface area contributed by atoms with Gasteiger partial charge in [-0.2, -0.15) is 5.10 Å². The number of nitrogens with one attached hydrogen (secondary N) is 3. The van der Waals surface area contributed by atoms with Crippen LogP contribution in [0, 0.1) is 0 Å². The fraction of sp³-hybridized carbons (Fsp3) is 0.167. The summed E-state index contributed by atoms with van der Waals surface area (Å²) in [5.41, 5.74) is 9.53. The Kier molecular flexibility index (Phi) is 6.99. The zero-order chi connectivity index (χ0) is 25.9. The molecule has 3 N–H and O–H groups in total. The van der Waals surface area contributed by atoms with E-state index in [1.807, 2.05) is 44.4 Å². The fourth-order valence-corrected chi connectivity index (χ4v) is 5.25. The Balaban J connectivity index is 1.57.